The van der Waals surface area contributed by atoms with Gasteiger partial charge in [-0.1, -0.05) is 24.3 Å². The largest absolute Gasteiger partial charge is 0.481 e. The van der Waals surface area contributed by atoms with Crippen LogP contribution in [0, 0.1) is 5.82 Å². The minimum atomic E-state index is -3.70. The van der Waals surface area contributed by atoms with Crippen molar-refractivity contribution in [2.24, 2.45) is 0 Å². The molecule has 3 rings (SSSR count). The summed E-state index contributed by atoms with van der Waals surface area (Å²) in [5, 5.41) is 9.27. The van der Waals surface area contributed by atoms with Gasteiger partial charge in [0.1, 0.15) is 5.82 Å². The number of nitrogens with zero attached hydrogens (tertiary/aromatic N) is 1. The maximum absolute atomic E-state index is 13.0. The lowest BCUT2D eigenvalue weighted by Gasteiger charge is -2.07. The van der Waals surface area contributed by atoms with Crippen LogP contribution in [0.4, 0.5) is 4.39 Å². The van der Waals surface area contributed by atoms with Gasteiger partial charge in [0.15, 0.2) is 9.84 Å². The molecule has 128 valence electrons. The number of carbonyl (C=O) groups is 1. The van der Waals surface area contributed by atoms with Crippen molar-refractivity contribution in [1.82, 2.24) is 4.98 Å². The lowest BCUT2D eigenvalue weighted by atomic mass is 10.0. The van der Waals surface area contributed by atoms with E-state index < -0.39 is 28.0 Å². The summed E-state index contributed by atoms with van der Waals surface area (Å²) in [4.78, 5) is 14.8. The van der Waals surface area contributed by atoms with E-state index in [1.807, 2.05) is 0 Å². The van der Waals surface area contributed by atoms with Crippen molar-refractivity contribution in [3.05, 3.63) is 60.5 Å². The van der Waals surface area contributed by atoms with Crippen molar-refractivity contribution < 1.29 is 22.7 Å². The number of aliphatic carboxylic acids is 1. The van der Waals surface area contributed by atoms with Gasteiger partial charge in [-0.3, -0.25) is 9.78 Å². The van der Waals surface area contributed by atoms with Crippen molar-refractivity contribution in [1.29, 1.82) is 0 Å². The Labute approximate surface area is 143 Å². The van der Waals surface area contributed by atoms with Crippen LogP contribution in [0.5, 0.6) is 0 Å². The third-order valence-electron chi connectivity index (χ3n) is 3.78. The van der Waals surface area contributed by atoms with Gasteiger partial charge < -0.3 is 5.11 Å². The molecular formula is C18H14FNO4S. The lowest BCUT2D eigenvalue weighted by molar-refractivity contribution is -0.136. The number of rotatable bonds is 5. The Balaban J connectivity index is 1.96. The molecule has 0 aliphatic carbocycles. The second-order valence-electron chi connectivity index (χ2n) is 5.55. The number of carboxylic acids is 1. The molecule has 0 fully saturated rings. The summed E-state index contributed by atoms with van der Waals surface area (Å²) in [6.45, 7) is 0. The van der Waals surface area contributed by atoms with E-state index in [9.17, 15) is 17.6 Å². The summed E-state index contributed by atoms with van der Waals surface area (Å²) >= 11 is 0. The first-order valence-corrected chi connectivity index (χ1v) is 9.11. The normalized spacial score (nSPS) is 11.6. The molecule has 3 aromatic rings. The molecule has 0 saturated carbocycles. The number of fused-ring (bicyclic) bond motifs is 1. The van der Waals surface area contributed by atoms with E-state index in [1.54, 1.807) is 30.3 Å². The smallest absolute Gasteiger partial charge is 0.304 e. The first-order chi connectivity index (χ1) is 11.8. The molecule has 0 unspecified atom stereocenters. The topological polar surface area (TPSA) is 84.3 Å². The molecule has 0 atom stereocenters. The predicted molar refractivity (Wildman–Crippen MR) is 91.4 cm³/mol. The third kappa shape index (κ3) is 3.83. The summed E-state index contributed by atoms with van der Waals surface area (Å²) in [6.07, 6.45) is 0.776. The summed E-state index contributed by atoms with van der Waals surface area (Å²) in [5.74, 6) is -1.96. The molecular weight excluding hydrogens is 345 g/mol. The Kier molecular flexibility index (Phi) is 4.50. The highest BCUT2D eigenvalue weighted by Crippen LogP contribution is 2.25. The van der Waals surface area contributed by atoms with Crippen LogP contribution in [0.1, 0.15) is 6.42 Å². The van der Waals surface area contributed by atoms with Crippen LogP contribution in [0.2, 0.25) is 0 Å². The van der Waals surface area contributed by atoms with Crippen LogP contribution in [-0.4, -0.2) is 30.2 Å². The Morgan fingerprint density at radius 3 is 2.40 bits per heavy atom. The van der Waals surface area contributed by atoms with Crippen LogP contribution in [0.25, 0.3) is 22.0 Å². The Bertz CT molecular complexity index is 1050. The van der Waals surface area contributed by atoms with E-state index in [1.165, 1.54) is 24.4 Å². The van der Waals surface area contributed by atoms with Gasteiger partial charge in [0, 0.05) is 11.6 Å². The van der Waals surface area contributed by atoms with E-state index in [4.69, 9.17) is 5.11 Å². The summed E-state index contributed by atoms with van der Waals surface area (Å²) in [7, 11) is -3.70. The van der Waals surface area contributed by atoms with Crippen molar-refractivity contribution in [2.45, 2.75) is 11.3 Å². The zero-order valence-corrected chi connectivity index (χ0v) is 13.8. The Morgan fingerprint density at radius 1 is 1.04 bits per heavy atom. The second kappa shape index (κ2) is 6.60. The fourth-order valence-electron chi connectivity index (χ4n) is 2.43. The van der Waals surface area contributed by atoms with Gasteiger partial charge in [0.25, 0.3) is 0 Å². The number of halogens is 1. The SMILES string of the molecule is O=C(O)CCS(=O)(=O)c1cnc2cc(-c3ccc(F)cc3)ccc2c1. The molecule has 1 N–H and O–H groups in total. The van der Waals surface area contributed by atoms with E-state index in [0.717, 1.165) is 11.1 Å². The number of hydrogen-bond donors (Lipinski definition) is 1. The summed E-state index contributed by atoms with van der Waals surface area (Å²) in [6, 6.07) is 12.8. The van der Waals surface area contributed by atoms with Crippen molar-refractivity contribution in [3.63, 3.8) is 0 Å². The molecule has 0 aliphatic rings. The maximum atomic E-state index is 13.0. The molecule has 25 heavy (non-hydrogen) atoms. The zero-order chi connectivity index (χ0) is 18.0. The van der Waals surface area contributed by atoms with E-state index >= 15 is 0 Å². The maximum Gasteiger partial charge on any atom is 0.304 e. The van der Waals surface area contributed by atoms with Crippen molar-refractivity contribution in [2.75, 3.05) is 5.75 Å². The minimum absolute atomic E-state index is 0.00391. The van der Waals surface area contributed by atoms with Crippen LogP contribution >= 0.6 is 0 Å². The monoisotopic (exact) mass is 359 g/mol. The fraction of sp³-hybridized carbons (Fsp3) is 0.111. The molecule has 7 heteroatoms. The number of benzene rings is 2. The molecule has 5 nitrogen and oxygen atoms in total. The van der Waals surface area contributed by atoms with Gasteiger partial charge in [-0.2, -0.15) is 0 Å². The first kappa shape index (κ1) is 17.0. The Morgan fingerprint density at radius 2 is 1.72 bits per heavy atom. The molecule has 0 radical (unpaired) electrons. The number of carboxylic acid groups (broad SMARTS) is 1. The summed E-state index contributed by atoms with van der Waals surface area (Å²) in [5.41, 5.74) is 2.25. The zero-order valence-electron chi connectivity index (χ0n) is 13.0. The van der Waals surface area contributed by atoms with Gasteiger partial charge in [-0.25, -0.2) is 12.8 Å². The van der Waals surface area contributed by atoms with Gasteiger partial charge in [-0.15, -0.1) is 0 Å². The van der Waals surface area contributed by atoms with Gasteiger partial charge in [-0.05, 0) is 35.4 Å². The highest BCUT2D eigenvalue weighted by atomic mass is 32.2. The van der Waals surface area contributed by atoms with Gasteiger partial charge in [0.2, 0.25) is 0 Å². The van der Waals surface area contributed by atoms with Crippen molar-refractivity contribution in [3.8, 4) is 11.1 Å². The molecule has 1 aromatic heterocycles. The van der Waals surface area contributed by atoms with Gasteiger partial charge in [0.05, 0.1) is 22.6 Å². The molecule has 0 spiro atoms. The quantitative estimate of drug-likeness (QED) is 0.756. The summed E-state index contributed by atoms with van der Waals surface area (Å²) < 4.78 is 37.3. The average Bonchev–Trinajstić information content (AvgIpc) is 2.60. The molecule has 0 amide bonds. The highest BCUT2D eigenvalue weighted by Gasteiger charge is 2.17. The highest BCUT2D eigenvalue weighted by molar-refractivity contribution is 7.91. The van der Waals surface area contributed by atoms with E-state index in [-0.39, 0.29) is 10.7 Å². The average molecular weight is 359 g/mol. The molecule has 2 aromatic carbocycles. The van der Waals surface area contributed by atoms with Crippen LogP contribution in [-0.2, 0) is 14.6 Å². The third-order valence-corrected chi connectivity index (χ3v) is 5.46. The first-order valence-electron chi connectivity index (χ1n) is 7.45. The number of hydrogen-bond acceptors (Lipinski definition) is 4. The molecule has 0 aliphatic heterocycles. The van der Waals surface area contributed by atoms with Crippen LogP contribution in [0.15, 0.2) is 59.6 Å². The van der Waals surface area contributed by atoms with Gasteiger partial charge >= 0.3 is 5.97 Å². The predicted octanol–water partition coefficient (Wildman–Crippen LogP) is 3.29. The van der Waals surface area contributed by atoms with Crippen LogP contribution in [0.3, 0.4) is 0 Å². The standard InChI is InChI=1S/C18H14FNO4S/c19-15-5-3-12(4-6-15)13-1-2-14-9-16(11-20-17(14)10-13)25(23,24)8-7-18(21)22/h1-6,9-11H,7-8H2,(H,21,22). The minimum Gasteiger partial charge on any atom is -0.481 e. The number of pyridine rings is 1. The number of sulfone groups is 1. The van der Waals surface area contributed by atoms with E-state index in [2.05, 4.69) is 4.98 Å². The van der Waals surface area contributed by atoms with Crippen LogP contribution < -0.4 is 0 Å². The van der Waals surface area contributed by atoms with Crippen molar-refractivity contribution >= 4 is 26.7 Å². The Hall–Kier alpha value is -2.80. The molecule has 0 saturated heterocycles. The fourth-order valence-corrected chi connectivity index (χ4v) is 3.63. The lowest BCUT2D eigenvalue weighted by Crippen LogP contribution is -2.11. The molecule has 1 heterocycles. The second-order valence-corrected chi connectivity index (χ2v) is 7.66. The number of aromatic nitrogens is 1. The molecule has 0 bridgehead atoms. The van der Waals surface area contributed by atoms with E-state index in [0.29, 0.717) is 10.9 Å².